The van der Waals surface area contributed by atoms with Gasteiger partial charge in [-0.15, -0.1) is 0 Å². The second kappa shape index (κ2) is 7.43. The Hall–Kier alpha value is -0.170. The summed E-state index contributed by atoms with van der Waals surface area (Å²) in [5.41, 5.74) is 0. The summed E-state index contributed by atoms with van der Waals surface area (Å²) in [5.74, 6) is 0.495. The zero-order valence-corrected chi connectivity index (χ0v) is 12.5. The summed E-state index contributed by atoms with van der Waals surface area (Å²) in [7, 11) is -1.58. The van der Waals surface area contributed by atoms with Crippen molar-refractivity contribution in [2.75, 3.05) is 39.1 Å². The highest BCUT2D eigenvalue weighted by molar-refractivity contribution is 7.89. The summed E-state index contributed by atoms with van der Waals surface area (Å²) < 4.78 is 31.4. The van der Waals surface area contributed by atoms with E-state index in [1.165, 1.54) is 0 Å². The molecule has 1 N–H and O–H groups in total. The van der Waals surface area contributed by atoms with Crippen molar-refractivity contribution in [3.8, 4) is 0 Å². The summed E-state index contributed by atoms with van der Waals surface area (Å²) in [6.07, 6.45) is 2.07. The fourth-order valence-electron chi connectivity index (χ4n) is 2.57. The van der Waals surface area contributed by atoms with Gasteiger partial charge in [0.1, 0.15) is 0 Å². The topological polar surface area (TPSA) is 58.6 Å². The first kappa shape index (κ1) is 15.9. The number of likely N-dealkylation sites (N-methyl/N-ethyl adjacent to an activating group) is 1. The van der Waals surface area contributed by atoms with Crippen molar-refractivity contribution >= 4 is 10.0 Å². The van der Waals surface area contributed by atoms with Gasteiger partial charge in [-0.25, -0.2) is 8.42 Å². The number of methoxy groups -OCH3 is 1. The number of nitrogens with zero attached hydrogens (tertiary/aromatic N) is 1. The van der Waals surface area contributed by atoms with Crippen LogP contribution in [-0.2, 0) is 14.8 Å². The number of piperidine rings is 1. The summed E-state index contributed by atoms with van der Waals surface area (Å²) in [5, 5.41) is 3.26. The minimum atomic E-state index is -3.18. The SMILES string of the molecule is CCN(C(C)COC)S(=O)(=O)CC1CCCNC1. The molecule has 1 fully saturated rings. The number of rotatable bonds is 7. The molecule has 5 nitrogen and oxygen atoms in total. The summed E-state index contributed by atoms with van der Waals surface area (Å²) >= 11 is 0. The molecule has 1 saturated heterocycles. The maximum absolute atomic E-state index is 12.4. The van der Waals surface area contributed by atoms with Crippen LogP contribution >= 0.6 is 0 Å². The fourth-order valence-corrected chi connectivity index (χ4v) is 4.64. The lowest BCUT2D eigenvalue weighted by molar-refractivity contribution is 0.142. The van der Waals surface area contributed by atoms with Crippen LogP contribution in [0.15, 0.2) is 0 Å². The van der Waals surface area contributed by atoms with E-state index in [-0.39, 0.29) is 17.7 Å². The number of nitrogens with one attached hydrogen (secondary N) is 1. The van der Waals surface area contributed by atoms with Gasteiger partial charge < -0.3 is 10.1 Å². The number of hydrogen-bond acceptors (Lipinski definition) is 4. The number of hydrogen-bond donors (Lipinski definition) is 1. The van der Waals surface area contributed by atoms with Crippen molar-refractivity contribution in [1.29, 1.82) is 0 Å². The van der Waals surface area contributed by atoms with Gasteiger partial charge in [0.15, 0.2) is 0 Å². The molecule has 0 amide bonds. The fraction of sp³-hybridized carbons (Fsp3) is 1.00. The molecule has 0 aliphatic carbocycles. The van der Waals surface area contributed by atoms with Gasteiger partial charge in [-0.05, 0) is 38.8 Å². The Morgan fingerprint density at radius 3 is 2.72 bits per heavy atom. The lowest BCUT2D eigenvalue weighted by atomic mass is 10.0. The first-order valence-corrected chi connectivity index (χ1v) is 8.31. The van der Waals surface area contributed by atoms with Gasteiger partial charge in [-0.2, -0.15) is 4.31 Å². The molecule has 0 radical (unpaired) electrons. The first-order valence-electron chi connectivity index (χ1n) is 6.70. The summed E-state index contributed by atoms with van der Waals surface area (Å²) in [4.78, 5) is 0. The third-order valence-corrected chi connectivity index (χ3v) is 5.64. The molecule has 6 heteroatoms. The van der Waals surface area contributed by atoms with E-state index in [2.05, 4.69) is 5.32 Å². The maximum Gasteiger partial charge on any atom is 0.214 e. The second-order valence-corrected chi connectivity index (χ2v) is 6.96. The van der Waals surface area contributed by atoms with E-state index in [1.54, 1.807) is 11.4 Å². The largest absolute Gasteiger partial charge is 0.383 e. The van der Waals surface area contributed by atoms with Gasteiger partial charge in [0.05, 0.1) is 12.4 Å². The quantitative estimate of drug-likeness (QED) is 0.744. The Morgan fingerprint density at radius 1 is 1.50 bits per heavy atom. The van der Waals surface area contributed by atoms with Crippen molar-refractivity contribution in [3.05, 3.63) is 0 Å². The standard InChI is InChI=1S/C12H26N2O3S/c1-4-14(11(2)9-17-3)18(15,16)10-12-6-5-7-13-8-12/h11-13H,4-10H2,1-3H3. The second-order valence-electron chi connectivity index (χ2n) is 5.00. The van der Waals surface area contributed by atoms with E-state index in [1.807, 2.05) is 13.8 Å². The molecule has 1 aliphatic heterocycles. The Kier molecular flexibility index (Phi) is 6.55. The highest BCUT2D eigenvalue weighted by Gasteiger charge is 2.29. The molecule has 0 saturated carbocycles. The Morgan fingerprint density at radius 2 is 2.22 bits per heavy atom. The Bertz CT molecular complexity index is 326. The van der Waals surface area contributed by atoms with E-state index in [0.29, 0.717) is 13.2 Å². The Labute approximate surface area is 111 Å². The highest BCUT2D eigenvalue weighted by atomic mass is 32.2. The van der Waals surface area contributed by atoms with Crippen LogP contribution in [0.4, 0.5) is 0 Å². The smallest absolute Gasteiger partial charge is 0.214 e. The zero-order valence-electron chi connectivity index (χ0n) is 11.7. The van der Waals surface area contributed by atoms with Gasteiger partial charge >= 0.3 is 0 Å². The third kappa shape index (κ3) is 4.50. The first-order chi connectivity index (χ1) is 8.51. The number of sulfonamides is 1. The van der Waals surface area contributed by atoms with Crippen LogP contribution in [0.2, 0.25) is 0 Å². The molecule has 0 bridgehead atoms. The van der Waals surface area contributed by atoms with Crippen molar-refractivity contribution in [3.63, 3.8) is 0 Å². The van der Waals surface area contributed by atoms with E-state index in [4.69, 9.17) is 4.74 Å². The van der Waals surface area contributed by atoms with Crippen LogP contribution in [0.25, 0.3) is 0 Å². The van der Waals surface area contributed by atoms with E-state index in [0.717, 1.165) is 25.9 Å². The normalized spacial score (nSPS) is 23.2. The van der Waals surface area contributed by atoms with Crippen molar-refractivity contribution in [2.24, 2.45) is 5.92 Å². The van der Waals surface area contributed by atoms with E-state index >= 15 is 0 Å². The van der Waals surface area contributed by atoms with Crippen LogP contribution in [-0.4, -0.2) is 57.9 Å². The Balaban J connectivity index is 2.63. The molecule has 0 aromatic carbocycles. The molecule has 0 aromatic heterocycles. The molecule has 2 atom stereocenters. The van der Waals surface area contributed by atoms with E-state index in [9.17, 15) is 8.42 Å². The van der Waals surface area contributed by atoms with Gasteiger partial charge in [0.2, 0.25) is 10.0 Å². The van der Waals surface area contributed by atoms with Crippen molar-refractivity contribution < 1.29 is 13.2 Å². The van der Waals surface area contributed by atoms with Crippen LogP contribution in [0.1, 0.15) is 26.7 Å². The van der Waals surface area contributed by atoms with Gasteiger partial charge in [0.25, 0.3) is 0 Å². The predicted molar refractivity (Wildman–Crippen MR) is 73.1 cm³/mol. The predicted octanol–water partition coefficient (Wildman–Crippen LogP) is 0.673. The van der Waals surface area contributed by atoms with E-state index < -0.39 is 10.0 Å². The summed E-state index contributed by atoms with van der Waals surface area (Å²) in [6, 6.07) is -0.0958. The lowest BCUT2D eigenvalue weighted by Gasteiger charge is -2.30. The minimum Gasteiger partial charge on any atom is -0.383 e. The maximum atomic E-state index is 12.4. The number of ether oxygens (including phenoxy) is 1. The van der Waals surface area contributed by atoms with Gasteiger partial charge in [0, 0.05) is 19.7 Å². The highest BCUT2D eigenvalue weighted by Crippen LogP contribution is 2.17. The summed E-state index contributed by atoms with van der Waals surface area (Å²) in [6.45, 7) is 6.54. The van der Waals surface area contributed by atoms with Gasteiger partial charge in [-0.3, -0.25) is 0 Å². The third-order valence-electron chi connectivity index (χ3n) is 3.41. The molecular formula is C12H26N2O3S. The van der Waals surface area contributed by atoms with Crippen molar-refractivity contribution in [1.82, 2.24) is 9.62 Å². The average molecular weight is 278 g/mol. The average Bonchev–Trinajstić information content (AvgIpc) is 2.30. The molecule has 2 unspecified atom stereocenters. The van der Waals surface area contributed by atoms with Crippen LogP contribution < -0.4 is 5.32 Å². The van der Waals surface area contributed by atoms with Crippen LogP contribution in [0.5, 0.6) is 0 Å². The van der Waals surface area contributed by atoms with Crippen LogP contribution in [0.3, 0.4) is 0 Å². The minimum absolute atomic E-state index is 0.0958. The molecule has 18 heavy (non-hydrogen) atoms. The molecule has 1 rings (SSSR count). The van der Waals surface area contributed by atoms with Gasteiger partial charge in [-0.1, -0.05) is 6.92 Å². The lowest BCUT2D eigenvalue weighted by Crippen LogP contribution is -2.45. The molecule has 108 valence electrons. The molecule has 0 aromatic rings. The molecule has 0 spiro atoms. The van der Waals surface area contributed by atoms with Crippen molar-refractivity contribution in [2.45, 2.75) is 32.7 Å². The molecule has 1 heterocycles. The molecule has 1 aliphatic rings. The monoisotopic (exact) mass is 278 g/mol. The van der Waals surface area contributed by atoms with Crippen LogP contribution in [0, 0.1) is 5.92 Å². The molecular weight excluding hydrogens is 252 g/mol. The zero-order chi connectivity index (χ0) is 13.6.